The summed E-state index contributed by atoms with van der Waals surface area (Å²) in [5.74, 6) is -0.174. The number of hydrogen-bond donors (Lipinski definition) is 5. The summed E-state index contributed by atoms with van der Waals surface area (Å²) in [5, 5.41) is 37.8. The molecule has 1 fully saturated rings. The summed E-state index contributed by atoms with van der Waals surface area (Å²) in [6.45, 7) is 3.12. The summed E-state index contributed by atoms with van der Waals surface area (Å²) in [4.78, 5) is -1.26. The molecular formula is C9H18O5S. The van der Waals surface area contributed by atoms with Gasteiger partial charge < -0.3 is 25.2 Å². The number of ether oxygens (including phenoxy) is 1. The van der Waals surface area contributed by atoms with Gasteiger partial charge in [-0.1, -0.05) is 13.8 Å². The van der Waals surface area contributed by atoms with Gasteiger partial charge >= 0.3 is 0 Å². The molecule has 6 heteroatoms. The lowest BCUT2D eigenvalue weighted by Gasteiger charge is -2.48. The van der Waals surface area contributed by atoms with Crippen molar-refractivity contribution in [2.75, 3.05) is 6.61 Å². The molecule has 0 aromatic rings. The summed E-state index contributed by atoms with van der Waals surface area (Å²) >= 11 is 4.20. The highest BCUT2D eigenvalue weighted by atomic mass is 32.1. The summed E-state index contributed by atoms with van der Waals surface area (Å²) in [6, 6.07) is 0. The first-order valence-electron chi connectivity index (χ1n) is 4.89. The summed E-state index contributed by atoms with van der Waals surface area (Å²) < 4.78 is 5.33. The van der Waals surface area contributed by atoms with Crippen molar-refractivity contribution in [2.45, 2.75) is 43.2 Å². The molecule has 0 aliphatic carbocycles. The van der Waals surface area contributed by atoms with Gasteiger partial charge in [0.05, 0.1) is 6.61 Å². The van der Waals surface area contributed by atoms with Crippen molar-refractivity contribution in [3.8, 4) is 0 Å². The van der Waals surface area contributed by atoms with Crippen molar-refractivity contribution in [3.05, 3.63) is 0 Å². The molecule has 1 aliphatic rings. The van der Waals surface area contributed by atoms with Gasteiger partial charge in [-0.15, -0.1) is 12.6 Å². The average molecular weight is 238 g/mol. The van der Waals surface area contributed by atoms with Crippen molar-refractivity contribution in [1.29, 1.82) is 0 Å². The van der Waals surface area contributed by atoms with E-state index in [1.807, 2.05) is 0 Å². The first kappa shape index (κ1) is 13.2. The fourth-order valence-electron chi connectivity index (χ4n) is 1.66. The van der Waals surface area contributed by atoms with Gasteiger partial charge in [0.15, 0.2) is 0 Å². The van der Waals surface area contributed by atoms with Crippen molar-refractivity contribution in [2.24, 2.45) is 5.92 Å². The molecule has 0 amide bonds. The van der Waals surface area contributed by atoms with Crippen LogP contribution in [0.25, 0.3) is 0 Å². The van der Waals surface area contributed by atoms with Crippen LogP contribution in [0.15, 0.2) is 0 Å². The van der Waals surface area contributed by atoms with Crippen LogP contribution >= 0.6 is 12.6 Å². The van der Waals surface area contributed by atoms with Gasteiger partial charge in [0.2, 0.25) is 0 Å². The second-order valence-electron chi connectivity index (χ2n) is 4.17. The molecule has 0 aromatic heterocycles. The maximum absolute atomic E-state index is 9.76. The Labute approximate surface area is 94.1 Å². The molecule has 15 heavy (non-hydrogen) atoms. The van der Waals surface area contributed by atoms with Crippen LogP contribution in [0.4, 0.5) is 0 Å². The Kier molecular flexibility index (Phi) is 4.02. The molecular weight excluding hydrogens is 220 g/mol. The summed E-state index contributed by atoms with van der Waals surface area (Å²) in [6.07, 6.45) is -4.89. The van der Waals surface area contributed by atoms with Crippen LogP contribution in [0.2, 0.25) is 0 Å². The lowest BCUT2D eigenvalue weighted by molar-refractivity contribution is -0.251. The molecule has 1 saturated heterocycles. The van der Waals surface area contributed by atoms with Gasteiger partial charge in [-0.3, -0.25) is 0 Å². The third-order valence-electron chi connectivity index (χ3n) is 2.83. The molecule has 0 aromatic carbocycles. The Hall–Kier alpha value is 0.150. The van der Waals surface area contributed by atoms with Gasteiger partial charge in [-0.2, -0.15) is 0 Å². The zero-order valence-electron chi connectivity index (χ0n) is 8.74. The molecule has 0 saturated carbocycles. The molecule has 0 unspecified atom stereocenters. The van der Waals surface area contributed by atoms with E-state index in [0.29, 0.717) is 0 Å². The van der Waals surface area contributed by atoms with Gasteiger partial charge in [0.1, 0.15) is 29.3 Å². The Balaban J connectivity index is 2.92. The third kappa shape index (κ3) is 2.15. The first-order chi connectivity index (χ1) is 6.84. The number of hydrogen-bond acceptors (Lipinski definition) is 6. The van der Waals surface area contributed by atoms with Crippen LogP contribution in [-0.4, -0.2) is 56.4 Å². The molecule has 5 atom stereocenters. The van der Waals surface area contributed by atoms with Crippen molar-refractivity contribution in [3.63, 3.8) is 0 Å². The van der Waals surface area contributed by atoms with Gasteiger partial charge in [0.25, 0.3) is 0 Å². The second-order valence-corrected chi connectivity index (χ2v) is 4.87. The molecule has 1 rings (SSSR count). The normalized spacial score (nSPS) is 47.2. The summed E-state index contributed by atoms with van der Waals surface area (Å²) in [5.41, 5.74) is 0. The molecule has 0 bridgehead atoms. The fraction of sp³-hybridized carbons (Fsp3) is 1.00. The van der Waals surface area contributed by atoms with Crippen LogP contribution in [0.5, 0.6) is 0 Å². The Bertz CT molecular complexity index is 223. The van der Waals surface area contributed by atoms with Crippen LogP contribution in [0.3, 0.4) is 0 Å². The Morgan fingerprint density at radius 3 is 2.20 bits per heavy atom. The van der Waals surface area contributed by atoms with Crippen LogP contribution in [0.1, 0.15) is 13.8 Å². The minimum atomic E-state index is -1.37. The second kappa shape index (κ2) is 4.57. The monoisotopic (exact) mass is 238 g/mol. The van der Waals surface area contributed by atoms with Crippen LogP contribution in [-0.2, 0) is 4.74 Å². The number of thiol groups is 1. The largest absolute Gasteiger partial charge is 0.394 e. The third-order valence-corrected chi connectivity index (χ3v) is 3.71. The Morgan fingerprint density at radius 1 is 1.27 bits per heavy atom. The minimum Gasteiger partial charge on any atom is -0.394 e. The predicted molar refractivity (Wildman–Crippen MR) is 56.5 cm³/mol. The minimum absolute atomic E-state index is 0.174. The highest BCUT2D eigenvalue weighted by molar-refractivity contribution is 7.81. The van der Waals surface area contributed by atoms with E-state index in [1.165, 1.54) is 0 Å². The zero-order chi connectivity index (χ0) is 11.8. The van der Waals surface area contributed by atoms with E-state index in [9.17, 15) is 15.3 Å². The van der Waals surface area contributed by atoms with E-state index in [1.54, 1.807) is 13.8 Å². The molecule has 0 spiro atoms. The molecule has 4 N–H and O–H groups in total. The van der Waals surface area contributed by atoms with Crippen LogP contribution in [0, 0.1) is 5.92 Å². The first-order valence-corrected chi connectivity index (χ1v) is 5.34. The lowest BCUT2D eigenvalue weighted by Crippen LogP contribution is -2.64. The van der Waals surface area contributed by atoms with Gasteiger partial charge in [-0.05, 0) is 5.92 Å². The maximum atomic E-state index is 9.76. The lowest BCUT2D eigenvalue weighted by atomic mass is 9.89. The number of rotatable bonds is 2. The predicted octanol–water partition coefficient (Wildman–Crippen LogP) is -1.26. The van der Waals surface area contributed by atoms with E-state index in [0.717, 1.165) is 0 Å². The molecule has 1 aliphatic heterocycles. The standard InChI is InChI=1S/C9H18O5S/c1-4(2)9(15)8(13)7(12)6(11)5(3-10)14-9/h4-8,10-13,15H,3H2,1-2H3/t5-,6+,7+,8-,9-/m1/s1. The highest BCUT2D eigenvalue weighted by Gasteiger charge is 2.52. The van der Waals surface area contributed by atoms with Crippen molar-refractivity contribution >= 4 is 12.6 Å². The molecule has 5 nitrogen and oxygen atoms in total. The van der Waals surface area contributed by atoms with Crippen LogP contribution < -0.4 is 0 Å². The quantitative estimate of drug-likeness (QED) is 0.388. The Morgan fingerprint density at radius 2 is 1.80 bits per heavy atom. The molecule has 90 valence electrons. The SMILES string of the molecule is CC(C)[C@]1(S)O[C@H](CO)[C@H](O)[C@H](O)[C@H]1O. The van der Waals surface area contributed by atoms with E-state index in [-0.39, 0.29) is 5.92 Å². The smallest absolute Gasteiger partial charge is 0.142 e. The van der Waals surface area contributed by atoms with Crippen molar-refractivity contribution in [1.82, 2.24) is 0 Å². The highest BCUT2D eigenvalue weighted by Crippen LogP contribution is 2.38. The van der Waals surface area contributed by atoms with E-state index >= 15 is 0 Å². The summed E-state index contributed by atoms with van der Waals surface area (Å²) in [7, 11) is 0. The molecule has 0 radical (unpaired) electrons. The fourth-order valence-corrected chi connectivity index (χ4v) is 1.94. The zero-order valence-corrected chi connectivity index (χ0v) is 9.63. The van der Waals surface area contributed by atoms with Crippen molar-refractivity contribution < 1.29 is 25.2 Å². The number of aliphatic hydroxyl groups is 4. The molecule has 1 heterocycles. The maximum Gasteiger partial charge on any atom is 0.142 e. The average Bonchev–Trinajstić information content (AvgIpc) is 2.20. The number of aliphatic hydroxyl groups excluding tert-OH is 4. The van der Waals surface area contributed by atoms with E-state index in [4.69, 9.17) is 9.84 Å². The topological polar surface area (TPSA) is 90.2 Å². The van der Waals surface area contributed by atoms with E-state index in [2.05, 4.69) is 12.6 Å². The van der Waals surface area contributed by atoms with Gasteiger partial charge in [0, 0.05) is 0 Å². The van der Waals surface area contributed by atoms with E-state index < -0.39 is 36.0 Å². The van der Waals surface area contributed by atoms with Gasteiger partial charge in [-0.25, -0.2) is 0 Å².